The fraction of sp³-hybridized carbons (Fsp3) is 0.263. The number of carbonyl (C=O) groups is 2. The number of rotatable bonds is 5. The maximum Gasteiger partial charge on any atom is 0.220 e. The van der Waals surface area contributed by atoms with Crippen molar-refractivity contribution in [2.75, 3.05) is 6.61 Å². The molecule has 0 aliphatic carbocycles. The highest BCUT2D eigenvalue weighted by molar-refractivity contribution is 5.78. The van der Waals surface area contributed by atoms with Gasteiger partial charge in [0.2, 0.25) is 5.91 Å². The zero-order valence-electron chi connectivity index (χ0n) is 13.0. The normalized spacial score (nSPS) is 17.0. The highest BCUT2D eigenvalue weighted by Crippen LogP contribution is 2.37. The molecule has 0 bridgehead atoms. The predicted octanol–water partition coefficient (Wildman–Crippen LogP) is 2.78. The molecule has 1 amide bonds. The van der Waals surface area contributed by atoms with Crippen LogP contribution in [0, 0.1) is 0 Å². The van der Waals surface area contributed by atoms with Gasteiger partial charge in [0.05, 0.1) is 12.1 Å². The Morgan fingerprint density at radius 1 is 1.22 bits per heavy atom. The maximum absolute atomic E-state index is 12.2. The molecule has 0 fully saturated rings. The summed E-state index contributed by atoms with van der Waals surface area (Å²) in [5, 5.41) is 0. The standard InChI is InChI=1S/C19H19NO3/c1-14(22)20(16(12-21)11-15-7-3-2-4-8-15)18-13-23-19-10-6-5-9-17(18)19/h2-10,12,16,18H,11,13H2,1H3/t16-,18?/m0/s1. The summed E-state index contributed by atoms with van der Waals surface area (Å²) in [7, 11) is 0. The highest BCUT2D eigenvalue weighted by atomic mass is 16.5. The second-order valence-electron chi connectivity index (χ2n) is 5.68. The van der Waals surface area contributed by atoms with Crippen molar-refractivity contribution >= 4 is 12.2 Å². The lowest BCUT2D eigenvalue weighted by Gasteiger charge is -2.32. The SMILES string of the molecule is CC(=O)N(C1COc2ccccc21)[C@H](C=O)Cc1ccccc1. The number of hydrogen-bond acceptors (Lipinski definition) is 3. The number of fused-ring (bicyclic) bond motifs is 1. The van der Waals surface area contributed by atoms with E-state index in [1.165, 1.54) is 6.92 Å². The summed E-state index contributed by atoms with van der Waals surface area (Å²) in [6, 6.07) is 16.7. The molecule has 2 aromatic carbocycles. The van der Waals surface area contributed by atoms with Gasteiger partial charge in [-0.15, -0.1) is 0 Å². The molecule has 0 aromatic heterocycles. The van der Waals surface area contributed by atoms with Crippen molar-refractivity contribution in [1.29, 1.82) is 0 Å². The first-order valence-electron chi connectivity index (χ1n) is 7.70. The Kier molecular flexibility index (Phi) is 4.42. The molecule has 2 atom stereocenters. The zero-order chi connectivity index (χ0) is 16.2. The van der Waals surface area contributed by atoms with E-state index in [1.54, 1.807) is 4.90 Å². The first kappa shape index (κ1) is 15.3. The van der Waals surface area contributed by atoms with Crippen molar-refractivity contribution < 1.29 is 14.3 Å². The molecule has 0 radical (unpaired) electrons. The molecule has 3 rings (SSSR count). The Hall–Kier alpha value is -2.62. The Morgan fingerprint density at radius 2 is 1.91 bits per heavy atom. The van der Waals surface area contributed by atoms with E-state index in [4.69, 9.17) is 4.74 Å². The van der Waals surface area contributed by atoms with E-state index in [0.29, 0.717) is 13.0 Å². The van der Waals surface area contributed by atoms with Crippen LogP contribution in [-0.4, -0.2) is 29.7 Å². The number of para-hydroxylation sites is 1. The number of ether oxygens (including phenoxy) is 1. The van der Waals surface area contributed by atoms with Crippen molar-refractivity contribution in [3.63, 3.8) is 0 Å². The van der Waals surface area contributed by atoms with Crippen LogP contribution in [0.1, 0.15) is 24.1 Å². The number of aldehydes is 1. The summed E-state index contributed by atoms with van der Waals surface area (Å²) in [6.07, 6.45) is 1.36. The van der Waals surface area contributed by atoms with Crippen LogP contribution in [0.25, 0.3) is 0 Å². The fourth-order valence-electron chi connectivity index (χ4n) is 3.13. The second-order valence-corrected chi connectivity index (χ2v) is 5.68. The third-order valence-electron chi connectivity index (χ3n) is 4.18. The van der Waals surface area contributed by atoms with Gasteiger partial charge in [0.25, 0.3) is 0 Å². The molecular formula is C19H19NO3. The Balaban J connectivity index is 1.89. The topological polar surface area (TPSA) is 46.6 Å². The van der Waals surface area contributed by atoms with Gasteiger partial charge in [-0.1, -0.05) is 48.5 Å². The van der Waals surface area contributed by atoms with Gasteiger partial charge in [-0.3, -0.25) is 4.79 Å². The number of carbonyl (C=O) groups excluding carboxylic acids is 2. The molecule has 4 nitrogen and oxygen atoms in total. The van der Waals surface area contributed by atoms with Crippen LogP contribution < -0.4 is 4.74 Å². The van der Waals surface area contributed by atoms with E-state index in [9.17, 15) is 9.59 Å². The summed E-state index contributed by atoms with van der Waals surface area (Å²) in [4.78, 5) is 25.6. The summed E-state index contributed by atoms with van der Waals surface area (Å²) in [5.74, 6) is 0.663. The van der Waals surface area contributed by atoms with Crippen LogP contribution >= 0.6 is 0 Å². The van der Waals surface area contributed by atoms with Gasteiger partial charge in [-0.25, -0.2) is 0 Å². The third-order valence-corrected chi connectivity index (χ3v) is 4.18. The fourth-order valence-corrected chi connectivity index (χ4v) is 3.13. The van der Waals surface area contributed by atoms with E-state index in [0.717, 1.165) is 23.2 Å². The zero-order valence-corrected chi connectivity index (χ0v) is 13.0. The summed E-state index contributed by atoms with van der Waals surface area (Å²) < 4.78 is 5.68. The Bertz CT molecular complexity index is 699. The lowest BCUT2D eigenvalue weighted by molar-refractivity contribution is -0.137. The monoisotopic (exact) mass is 309 g/mol. The number of hydrogen-bond donors (Lipinski definition) is 0. The van der Waals surface area contributed by atoms with Gasteiger partial charge >= 0.3 is 0 Å². The number of amides is 1. The minimum atomic E-state index is -0.505. The van der Waals surface area contributed by atoms with Gasteiger partial charge in [-0.2, -0.15) is 0 Å². The molecule has 1 heterocycles. The summed E-state index contributed by atoms with van der Waals surface area (Å²) in [5.41, 5.74) is 1.99. The number of nitrogens with zero attached hydrogens (tertiary/aromatic N) is 1. The number of benzene rings is 2. The van der Waals surface area contributed by atoms with Crippen molar-refractivity contribution in [2.45, 2.75) is 25.4 Å². The molecule has 0 saturated carbocycles. The van der Waals surface area contributed by atoms with Crippen LogP contribution in [0.2, 0.25) is 0 Å². The molecule has 118 valence electrons. The maximum atomic E-state index is 12.2. The molecule has 4 heteroatoms. The predicted molar refractivity (Wildman–Crippen MR) is 87.2 cm³/mol. The molecule has 2 aromatic rings. The first-order valence-corrected chi connectivity index (χ1v) is 7.70. The van der Waals surface area contributed by atoms with Crippen molar-refractivity contribution in [1.82, 2.24) is 4.90 Å². The molecule has 0 N–H and O–H groups in total. The van der Waals surface area contributed by atoms with Gasteiger partial charge < -0.3 is 14.4 Å². The smallest absolute Gasteiger partial charge is 0.220 e. The largest absolute Gasteiger partial charge is 0.491 e. The molecular weight excluding hydrogens is 290 g/mol. The summed E-state index contributed by atoms with van der Waals surface area (Å²) >= 11 is 0. The minimum Gasteiger partial charge on any atom is -0.491 e. The quantitative estimate of drug-likeness (QED) is 0.798. The summed E-state index contributed by atoms with van der Waals surface area (Å²) in [6.45, 7) is 1.89. The third kappa shape index (κ3) is 3.11. The van der Waals surface area contributed by atoms with Gasteiger partial charge in [0, 0.05) is 12.5 Å². The average molecular weight is 309 g/mol. The van der Waals surface area contributed by atoms with Crippen LogP contribution in [0.15, 0.2) is 54.6 Å². The lowest BCUT2D eigenvalue weighted by atomic mass is 10.0. The molecule has 1 aliphatic rings. The lowest BCUT2D eigenvalue weighted by Crippen LogP contribution is -2.44. The van der Waals surface area contributed by atoms with Crippen LogP contribution in [0.4, 0.5) is 0 Å². The van der Waals surface area contributed by atoms with E-state index in [-0.39, 0.29) is 11.9 Å². The average Bonchev–Trinajstić information content (AvgIpc) is 2.99. The Labute approximate surface area is 135 Å². The van der Waals surface area contributed by atoms with E-state index >= 15 is 0 Å². The van der Waals surface area contributed by atoms with Crippen LogP contribution in [-0.2, 0) is 16.0 Å². The van der Waals surface area contributed by atoms with Crippen LogP contribution in [0.3, 0.4) is 0 Å². The van der Waals surface area contributed by atoms with Crippen molar-refractivity contribution in [3.05, 3.63) is 65.7 Å². The Morgan fingerprint density at radius 3 is 2.61 bits per heavy atom. The molecule has 23 heavy (non-hydrogen) atoms. The van der Waals surface area contributed by atoms with Crippen molar-refractivity contribution in [3.8, 4) is 5.75 Å². The van der Waals surface area contributed by atoms with E-state index < -0.39 is 6.04 Å². The van der Waals surface area contributed by atoms with Gasteiger partial charge in [-0.05, 0) is 18.1 Å². The highest BCUT2D eigenvalue weighted by Gasteiger charge is 2.35. The van der Waals surface area contributed by atoms with E-state index in [1.807, 2.05) is 54.6 Å². The van der Waals surface area contributed by atoms with Crippen LogP contribution in [0.5, 0.6) is 5.75 Å². The molecule has 1 aliphatic heterocycles. The molecule has 1 unspecified atom stereocenters. The van der Waals surface area contributed by atoms with Gasteiger partial charge in [0.1, 0.15) is 18.6 Å². The van der Waals surface area contributed by atoms with E-state index in [2.05, 4.69) is 0 Å². The van der Waals surface area contributed by atoms with Crippen molar-refractivity contribution in [2.24, 2.45) is 0 Å². The molecule has 0 saturated heterocycles. The molecule has 0 spiro atoms. The minimum absolute atomic E-state index is 0.122. The second kappa shape index (κ2) is 6.65. The first-order chi connectivity index (χ1) is 11.2. The van der Waals surface area contributed by atoms with Gasteiger partial charge in [0.15, 0.2) is 0 Å².